The summed E-state index contributed by atoms with van der Waals surface area (Å²) in [5.41, 5.74) is 1.22. The van der Waals surface area contributed by atoms with Gasteiger partial charge in [-0.25, -0.2) is 0 Å². The van der Waals surface area contributed by atoms with Gasteiger partial charge in [0.2, 0.25) is 5.91 Å². The van der Waals surface area contributed by atoms with E-state index in [1.807, 2.05) is 48.5 Å². The second kappa shape index (κ2) is 10.1. The van der Waals surface area contributed by atoms with Crippen LogP contribution in [0.3, 0.4) is 0 Å². The summed E-state index contributed by atoms with van der Waals surface area (Å²) in [5, 5.41) is 5.48. The summed E-state index contributed by atoms with van der Waals surface area (Å²) in [6.07, 6.45) is 0. The molecule has 5 nitrogen and oxygen atoms in total. The van der Waals surface area contributed by atoms with Crippen molar-refractivity contribution in [3.63, 3.8) is 0 Å². The standard InChI is InChI=1S/C22H19BrN2O3S/c1-15(26)24-20-4-2-3-5-21(20)28-14-22(27)25-17-8-12-19(13-9-17)29-18-10-6-16(23)7-11-18/h2-13H,14H2,1H3,(H,24,26)(H,25,27). The number of anilines is 2. The molecule has 3 aromatic rings. The third-order valence-electron chi connectivity index (χ3n) is 3.74. The first-order chi connectivity index (χ1) is 14.0. The second-order valence-corrected chi connectivity index (χ2v) is 8.16. The highest BCUT2D eigenvalue weighted by atomic mass is 79.9. The summed E-state index contributed by atoms with van der Waals surface area (Å²) >= 11 is 5.07. The molecule has 2 amide bonds. The van der Waals surface area contributed by atoms with Gasteiger partial charge in [-0.1, -0.05) is 39.8 Å². The quantitative estimate of drug-likeness (QED) is 0.473. The predicted molar refractivity (Wildman–Crippen MR) is 120 cm³/mol. The maximum atomic E-state index is 12.2. The van der Waals surface area contributed by atoms with Gasteiger partial charge in [-0.05, 0) is 60.7 Å². The lowest BCUT2D eigenvalue weighted by Gasteiger charge is -2.12. The van der Waals surface area contributed by atoms with Gasteiger partial charge in [0.25, 0.3) is 5.91 Å². The first-order valence-electron chi connectivity index (χ1n) is 8.82. The Morgan fingerprint density at radius 1 is 0.897 bits per heavy atom. The van der Waals surface area contributed by atoms with E-state index in [0.717, 1.165) is 14.3 Å². The Morgan fingerprint density at radius 3 is 2.17 bits per heavy atom. The molecule has 0 spiro atoms. The number of rotatable bonds is 7. The van der Waals surface area contributed by atoms with Crippen molar-refractivity contribution < 1.29 is 14.3 Å². The van der Waals surface area contributed by atoms with Crippen molar-refractivity contribution >= 4 is 50.9 Å². The normalized spacial score (nSPS) is 10.3. The van der Waals surface area contributed by atoms with E-state index in [0.29, 0.717) is 17.1 Å². The van der Waals surface area contributed by atoms with Crippen molar-refractivity contribution in [1.29, 1.82) is 0 Å². The zero-order valence-electron chi connectivity index (χ0n) is 15.6. The number of ether oxygens (including phenoxy) is 1. The highest BCUT2D eigenvalue weighted by Crippen LogP contribution is 2.29. The van der Waals surface area contributed by atoms with Crippen molar-refractivity contribution in [2.75, 3.05) is 17.2 Å². The van der Waals surface area contributed by atoms with E-state index in [2.05, 4.69) is 26.6 Å². The topological polar surface area (TPSA) is 67.4 Å². The third-order valence-corrected chi connectivity index (χ3v) is 5.29. The monoisotopic (exact) mass is 470 g/mol. The van der Waals surface area contributed by atoms with E-state index in [1.165, 1.54) is 6.92 Å². The van der Waals surface area contributed by atoms with Gasteiger partial charge >= 0.3 is 0 Å². The Bertz CT molecular complexity index is 992. The largest absolute Gasteiger partial charge is 0.482 e. The molecule has 0 bridgehead atoms. The zero-order chi connectivity index (χ0) is 20.6. The maximum absolute atomic E-state index is 12.2. The summed E-state index contributed by atoms with van der Waals surface area (Å²) in [5.74, 6) is -0.0402. The van der Waals surface area contributed by atoms with Crippen LogP contribution in [0.15, 0.2) is 87.1 Å². The van der Waals surface area contributed by atoms with E-state index in [9.17, 15) is 9.59 Å². The van der Waals surface area contributed by atoms with Crippen molar-refractivity contribution in [1.82, 2.24) is 0 Å². The number of nitrogens with one attached hydrogen (secondary N) is 2. The first-order valence-corrected chi connectivity index (χ1v) is 10.4. The molecule has 148 valence electrons. The lowest BCUT2D eigenvalue weighted by Crippen LogP contribution is -2.20. The second-order valence-electron chi connectivity index (χ2n) is 6.09. The van der Waals surface area contributed by atoms with Gasteiger partial charge in [0.15, 0.2) is 6.61 Å². The molecule has 0 saturated carbocycles. The molecule has 0 aliphatic carbocycles. The highest BCUT2D eigenvalue weighted by Gasteiger charge is 2.08. The molecule has 3 rings (SSSR count). The number of para-hydroxylation sites is 2. The van der Waals surface area contributed by atoms with Crippen LogP contribution in [0.1, 0.15) is 6.92 Å². The van der Waals surface area contributed by atoms with Crippen molar-refractivity contribution in [3.8, 4) is 5.75 Å². The molecule has 0 fully saturated rings. The average molecular weight is 471 g/mol. The minimum atomic E-state index is -0.282. The number of benzene rings is 3. The average Bonchev–Trinajstić information content (AvgIpc) is 2.70. The maximum Gasteiger partial charge on any atom is 0.262 e. The lowest BCUT2D eigenvalue weighted by atomic mass is 10.3. The third kappa shape index (κ3) is 6.66. The smallest absolute Gasteiger partial charge is 0.262 e. The van der Waals surface area contributed by atoms with Gasteiger partial charge in [0.05, 0.1) is 5.69 Å². The van der Waals surface area contributed by atoms with Crippen LogP contribution in [0.4, 0.5) is 11.4 Å². The zero-order valence-corrected chi connectivity index (χ0v) is 18.0. The molecule has 2 N–H and O–H groups in total. The fraction of sp³-hybridized carbons (Fsp3) is 0.0909. The van der Waals surface area contributed by atoms with Gasteiger partial charge in [0.1, 0.15) is 5.75 Å². The number of hydrogen-bond acceptors (Lipinski definition) is 4. The van der Waals surface area contributed by atoms with E-state index >= 15 is 0 Å². The Labute approximate surface area is 182 Å². The summed E-state index contributed by atoms with van der Waals surface area (Å²) < 4.78 is 6.59. The minimum Gasteiger partial charge on any atom is -0.482 e. The van der Waals surface area contributed by atoms with Crippen molar-refractivity contribution in [3.05, 3.63) is 77.3 Å². The van der Waals surface area contributed by atoms with Crippen LogP contribution < -0.4 is 15.4 Å². The van der Waals surface area contributed by atoms with Gasteiger partial charge < -0.3 is 15.4 Å². The molecule has 0 aliphatic rings. The van der Waals surface area contributed by atoms with Gasteiger partial charge in [-0.3, -0.25) is 9.59 Å². The molecule has 0 atom stereocenters. The Balaban J connectivity index is 1.53. The highest BCUT2D eigenvalue weighted by molar-refractivity contribution is 9.10. The van der Waals surface area contributed by atoms with Crippen LogP contribution in [0.25, 0.3) is 0 Å². The number of halogens is 1. The van der Waals surface area contributed by atoms with Crippen molar-refractivity contribution in [2.45, 2.75) is 16.7 Å². The van der Waals surface area contributed by atoms with Gasteiger partial charge in [-0.15, -0.1) is 0 Å². The van der Waals surface area contributed by atoms with Crippen LogP contribution in [0.5, 0.6) is 5.75 Å². The van der Waals surface area contributed by atoms with E-state index in [1.54, 1.807) is 36.0 Å². The SMILES string of the molecule is CC(=O)Nc1ccccc1OCC(=O)Nc1ccc(Sc2ccc(Br)cc2)cc1. The summed E-state index contributed by atoms with van der Waals surface area (Å²) in [4.78, 5) is 25.7. The molecule has 0 radical (unpaired) electrons. The number of carbonyl (C=O) groups excluding carboxylic acids is 2. The van der Waals surface area contributed by atoms with Crippen molar-refractivity contribution in [2.24, 2.45) is 0 Å². The molecule has 29 heavy (non-hydrogen) atoms. The van der Waals surface area contributed by atoms with Crippen LogP contribution in [-0.4, -0.2) is 18.4 Å². The fourth-order valence-electron chi connectivity index (χ4n) is 2.47. The van der Waals surface area contributed by atoms with E-state index < -0.39 is 0 Å². The number of hydrogen-bond donors (Lipinski definition) is 2. The molecule has 0 unspecified atom stereocenters. The summed E-state index contributed by atoms with van der Waals surface area (Å²) in [6.45, 7) is 1.26. The molecule has 0 heterocycles. The predicted octanol–water partition coefficient (Wildman–Crippen LogP) is 5.58. The van der Waals surface area contributed by atoms with Gasteiger partial charge in [-0.2, -0.15) is 0 Å². The minimum absolute atomic E-state index is 0.161. The molecular formula is C22H19BrN2O3S. The van der Waals surface area contributed by atoms with Gasteiger partial charge in [0, 0.05) is 26.9 Å². The molecule has 0 aromatic heterocycles. The van der Waals surface area contributed by atoms with E-state index in [4.69, 9.17) is 4.74 Å². The Kier molecular flexibility index (Phi) is 7.32. The Hall–Kier alpha value is -2.77. The first kappa shape index (κ1) is 21.0. The molecule has 3 aromatic carbocycles. The molecule has 0 saturated heterocycles. The van der Waals surface area contributed by atoms with Crippen LogP contribution in [0, 0.1) is 0 Å². The molecule has 7 heteroatoms. The summed E-state index contributed by atoms with van der Waals surface area (Å²) in [6, 6.07) is 22.7. The molecule has 0 aliphatic heterocycles. The summed E-state index contributed by atoms with van der Waals surface area (Å²) in [7, 11) is 0. The fourth-order valence-corrected chi connectivity index (χ4v) is 3.55. The lowest BCUT2D eigenvalue weighted by molar-refractivity contribution is -0.118. The van der Waals surface area contributed by atoms with Crippen LogP contribution in [0.2, 0.25) is 0 Å². The number of amides is 2. The van der Waals surface area contributed by atoms with E-state index in [-0.39, 0.29) is 18.4 Å². The molecular weight excluding hydrogens is 452 g/mol. The number of carbonyl (C=O) groups is 2. The van der Waals surface area contributed by atoms with Crippen LogP contribution in [-0.2, 0) is 9.59 Å². The Morgan fingerprint density at radius 2 is 1.52 bits per heavy atom. The van der Waals surface area contributed by atoms with Crippen LogP contribution >= 0.6 is 27.7 Å².